The molecule has 10 heteroatoms. The zero-order valence-electron chi connectivity index (χ0n) is 15.8. The molecule has 2 heterocycles. The molecule has 152 valence electrons. The normalized spacial score (nSPS) is 13.6. The molecule has 0 spiro atoms. The lowest BCUT2D eigenvalue weighted by molar-refractivity contribution is -0.112. The minimum Gasteiger partial charge on any atom is -0.462 e. The molecule has 1 N–H and O–H groups in total. The Morgan fingerprint density at radius 3 is 2.72 bits per heavy atom. The van der Waals surface area contributed by atoms with Crippen LogP contribution in [-0.2, 0) is 29.4 Å². The van der Waals surface area contributed by atoms with Crippen LogP contribution < -0.4 is 5.32 Å². The second kappa shape index (κ2) is 8.99. The molecule has 0 saturated heterocycles. The molecule has 0 atom stereocenters. The van der Waals surface area contributed by atoms with Crippen LogP contribution >= 0.6 is 34.5 Å². The molecule has 1 aliphatic carbocycles. The Labute approximate surface area is 181 Å². The Morgan fingerprint density at radius 2 is 2.10 bits per heavy atom. The van der Waals surface area contributed by atoms with E-state index in [4.69, 9.17) is 27.9 Å². The molecule has 1 amide bonds. The molecule has 29 heavy (non-hydrogen) atoms. The average Bonchev–Trinajstić information content (AvgIpc) is 3.16. The van der Waals surface area contributed by atoms with Crippen molar-refractivity contribution < 1.29 is 14.3 Å². The van der Waals surface area contributed by atoms with E-state index in [1.54, 1.807) is 14.0 Å². The number of rotatable bonds is 5. The van der Waals surface area contributed by atoms with Crippen molar-refractivity contribution in [1.82, 2.24) is 9.55 Å². The Morgan fingerprint density at radius 1 is 1.38 bits per heavy atom. The third-order valence-corrected chi connectivity index (χ3v) is 6.39. The largest absolute Gasteiger partial charge is 0.462 e. The smallest absolute Gasteiger partial charge is 0.341 e. The molecule has 0 bridgehead atoms. The lowest BCUT2D eigenvalue weighted by Crippen LogP contribution is -2.17. The quantitative estimate of drug-likeness (QED) is 0.412. The first-order valence-corrected chi connectivity index (χ1v) is 10.6. The number of nitrogens with zero attached hydrogens (tertiary/aromatic N) is 3. The van der Waals surface area contributed by atoms with Crippen molar-refractivity contribution in [2.75, 3.05) is 11.9 Å². The number of hydrogen-bond acceptors (Lipinski definition) is 6. The van der Waals surface area contributed by atoms with Gasteiger partial charge in [0.1, 0.15) is 16.6 Å². The SMILES string of the molecule is CCOC(=O)c1c(NC(=O)/C(C#N)=C\c2c(Cl)nc(Cl)n2C)sc2c1CCCC2. The number of nitrogens with one attached hydrogen (secondary N) is 1. The molecule has 0 radical (unpaired) electrons. The van der Waals surface area contributed by atoms with Gasteiger partial charge in [-0.25, -0.2) is 9.78 Å². The van der Waals surface area contributed by atoms with E-state index in [2.05, 4.69) is 10.3 Å². The van der Waals surface area contributed by atoms with Crippen molar-refractivity contribution in [3.8, 4) is 6.07 Å². The van der Waals surface area contributed by atoms with Crippen molar-refractivity contribution in [2.24, 2.45) is 7.05 Å². The van der Waals surface area contributed by atoms with Crippen molar-refractivity contribution in [1.29, 1.82) is 5.26 Å². The predicted molar refractivity (Wildman–Crippen MR) is 112 cm³/mol. The van der Waals surface area contributed by atoms with Crippen molar-refractivity contribution in [3.63, 3.8) is 0 Å². The third-order valence-electron chi connectivity index (χ3n) is 4.56. The molecule has 2 aromatic rings. The summed E-state index contributed by atoms with van der Waals surface area (Å²) < 4.78 is 6.65. The van der Waals surface area contributed by atoms with Crippen LogP contribution in [0.2, 0.25) is 10.4 Å². The van der Waals surface area contributed by atoms with Crippen molar-refractivity contribution >= 4 is 57.5 Å². The topological polar surface area (TPSA) is 97.0 Å². The predicted octanol–water partition coefficient (Wildman–Crippen LogP) is 4.39. The summed E-state index contributed by atoms with van der Waals surface area (Å²) in [6, 6.07) is 1.86. The summed E-state index contributed by atoms with van der Waals surface area (Å²) in [7, 11) is 1.62. The number of thiophene rings is 1. The van der Waals surface area contributed by atoms with E-state index in [0.717, 1.165) is 36.1 Å². The summed E-state index contributed by atoms with van der Waals surface area (Å²) in [6.45, 7) is 1.97. The zero-order valence-corrected chi connectivity index (χ0v) is 18.2. The second-order valence-corrected chi connectivity index (χ2v) is 8.18. The minimum atomic E-state index is -0.648. The molecule has 0 fully saturated rings. The first-order valence-electron chi connectivity index (χ1n) is 8.99. The van der Waals surface area contributed by atoms with Crippen molar-refractivity contribution in [3.05, 3.63) is 37.7 Å². The van der Waals surface area contributed by atoms with Gasteiger partial charge in [0, 0.05) is 11.9 Å². The van der Waals surface area contributed by atoms with Gasteiger partial charge in [0.2, 0.25) is 5.28 Å². The number of carbonyl (C=O) groups excluding carboxylic acids is 2. The van der Waals surface area contributed by atoms with Crippen LogP contribution in [0.3, 0.4) is 0 Å². The summed E-state index contributed by atoms with van der Waals surface area (Å²) in [6.07, 6.45) is 4.94. The highest BCUT2D eigenvalue weighted by atomic mass is 35.5. The Bertz CT molecular complexity index is 1050. The van der Waals surface area contributed by atoms with E-state index in [1.807, 2.05) is 6.07 Å². The maximum absolute atomic E-state index is 12.8. The fourth-order valence-corrected chi connectivity index (χ4v) is 4.89. The van der Waals surface area contributed by atoms with Crippen LogP contribution in [0, 0.1) is 11.3 Å². The highest BCUT2D eigenvalue weighted by Crippen LogP contribution is 2.38. The number of hydrogen-bond donors (Lipinski definition) is 1. The number of ether oxygens (including phenoxy) is 1. The van der Waals surface area contributed by atoms with Crippen LogP contribution in [-0.4, -0.2) is 28.0 Å². The number of aromatic nitrogens is 2. The summed E-state index contributed by atoms with van der Waals surface area (Å²) in [5.74, 6) is -1.11. The van der Waals surface area contributed by atoms with E-state index in [-0.39, 0.29) is 22.6 Å². The minimum absolute atomic E-state index is 0.0804. The van der Waals surface area contributed by atoms with Gasteiger partial charge < -0.3 is 14.6 Å². The summed E-state index contributed by atoms with van der Waals surface area (Å²) in [5, 5.41) is 12.8. The van der Waals surface area contributed by atoms with Crippen LogP contribution in [0.5, 0.6) is 0 Å². The van der Waals surface area contributed by atoms with Gasteiger partial charge in [0.05, 0.1) is 17.9 Å². The molecule has 0 aromatic carbocycles. The molecule has 0 saturated carbocycles. The standard InChI is InChI=1S/C19H18Cl2N4O3S/c1-3-28-18(27)14-11-6-4-5-7-13(11)29-17(14)24-16(26)10(9-22)8-12-15(20)23-19(21)25(12)2/h8H,3-7H2,1-2H3,(H,24,26)/b10-8-. The zero-order chi connectivity index (χ0) is 21.1. The molecular formula is C19H18Cl2N4O3S. The molecule has 1 aliphatic rings. The number of amides is 1. The number of aryl methyl sites for hydroxylation is 1. The van der Waals surface area contributed by atoms with Gasteiger partial charge in [0.15, 0.2) is 5.15 Å². The fraction of sp³-hybridized carbons (Fsp3) is 0.368. The fourth-order valence-electron chi connectivity index (χ4n) is 3.14. The number of nitriles is 1. The maximum Gasteiger partial charge on any atom is 0.341 e. The van der Waals surface area contributed by atoms with E-state index in [1.165, 1.54) is 22.0 Å². The van der Waals surface area contributed by atoms with Crippen LogP contribution in [0.15, 0.2) is 5.57 Å². The average molecular weight is 453 g/mol. The van der Waals surface area contributed by atoms with E-state index in [0.29, 0.717) is 16.3 Å². The van der Waals surface area contributed by atoms with Gasteiger partial charge in [-0.3, -0.25) is 4.79 Å². The monoisotopic (exact) mass is 452 g/mol. The lowest BCUT2D eigenvalue weighted by atomic mass is 9.95. The van der Waals surface area contributed by atoms with E-state index in [9.17, 15) is 14.9 Å². The highest BCUT2D eigenvalue weighted by molar-refractivity contribution is 7.17. The Balaban J connectivity index is 1.95. The van der Waals surface area contributed by atoms with E-state index >= 15 is 0 Å². The molecule has 0 aliphatic heterocycles. The summed E-state index contributed by atoms with van der Waals surface area (Å²) in [4.78, 5) is 30.2. The maximum atomic E-state index is 12.8. The van der Waals surface area contributed by atoms with E-state index < -0.39 is 11.9 Å². The number of imidazole rings is 1. The summed E-state index contributed by atoms with van der Waals surface area (Å²) >= 11 is 13.3. The van der Waals surface area contributed by atoms with Gasteiger partial charge in [-0.1, -0.05) is 11.6 Å². The number of carbonyl (C=O) groups is 2. The van der Waals surface area contributed by atoms with Gasteiger partial charge >= 0.3 is 5.97 Å². The van der Waals surface area contributed by atoms with Crippen LogP contribution in [0.4, 0.5) is 5.00 Å². The molecule has 7 nitrogen and oxygen atoms in total. The first-order chi connectivity index (χ1) is 13.9. The Kier molecular flexibility index (Phi) is 6.63. The van der Waals surface area contributed by atoms with Gasteiger partial charge in [-0.05, 0) is 55.8 Å². The molecular weight excluding hydrogens is 435 g/mol. The number of fused-ring (bicyclic) bond motifs is 1. The highest BCUT2D eigenvalue weighted by Gasteiger charge is 2.28. The van der Waals surface area contributed by atoms with Gasteiger partial charge in [0.25, 0.3) is 5.91 Å². The Hall–Kier alpha value is -2.34. The lowest BCUT2D eigenvalue weighted by Gasteiger charge is -2.12. The first kappa shape index (κ1) is 21.4. The van der Waals surface area contributed by atoms with Crippen molar-refractivity contribution in [2.45, 2.75) is 32.6 Å². The third kappa shape index (κ3) is 4.32. The molecule has 3 rings (SSSR count). The number of esters is 1. The molecule has 2 aromatic heterocycles. The van der Waals surface area contributed by atoms with Gasteiger partial charge in [-0.2, -0.15) is 5.26 Å². The van der Waals surface area contributed by atoms with Crippen LogP contribution in [0.1, 0.15) is 46.3 Å². The number of halogens is 2. The van der Waals surface area contributed by atoms with Gasteiger partial charge in [-0.15, -0.1) is 11.3 Å². The number of anilines is 1. The molecule has 0 unspecified atom stereocenters. The second-order valence-electron chi connectivity index (χ2n) is 6.38. The van der Waals surface area contributed by atoms with Crippen LogP contribution in [0.25, 0.3) is 6.08 Å². The summed E-state index contributed by atoms with van der Waals surface area (Å²) in [5.41, 5.74) is 1.46.